The molecule has 0 radical (unpaired) electrons. The number of carbonyl (C=O) groups excluding carboxylic acids is 1. The Balaban J connectivity index is 2.09. The van der Waals surface area contributed by atoms with E-state index in [4.69, 9.17) is 10.8 Å². The van der Waals surface area contributed by atoms with Gasteiger partial charge in [-0.15, -0.1) is 0 Å². The topological polar surface area (TPSA) is 121 Å². The summed E-state index contributed by atoms with van der Waals surface area (Å²) < 4.78 is 0.894. The van der Waals surface area contributed by atoms with Crippen molar-refractivity contribution in [2.24, 2.45) is 5.73 Å². The fraction of sp³-hybridized carbons (Fsp3) is 0.0500. The number of pyridine rings is 1. The van der Waals surface area contributed by atoms with Gasteiger partial charge in [-0.05, 0) is 36.2 Å². The number of carbonyl (C=O) groups is 2. The van der Waals surface area contributed by atoms with Crippen LogP contribution in [0.5, 0.6) is 0 Å². The smallest absolute Gasteiger partial charge is 0.409 e. The molecule has 5 N–H and O–H groups in total. The van der Waals surface area contributed by atoms with Gasteiger partial charge in [-0.1, -0.05) is 34.1 Å². The molecule has 28 heavy (non-hydrogen) atoms. The Morgan fingerprint density at radius 3 is 2.71 bits per heavy atom. The molecule has 0 spiro atoms. The molecule has 7 nitrogen and oxygen atoms in total. The van der Waals surface area contributed by atoms with Crippen molar-refractivity contribution in [3.05, 3.63) is 58.3 Å². The lowest BCUT2D eigenvalue weighted by molar-refractivity contribution is 0.0997. The van der Waals surface area contributed by atoms with E-state index in [9.17, 15) is 9.59 Å². The van der Waals surface area contributed by atoms with Gasteiger partial charge in [-0.25, -0.2) is 9.78 Å². The second-order valence-corrected chi connectivity index (χ2v) is 7.27. The Kier molecular flexibility index (Phi) is 4.27. The molecule has 0 atom stereocenters. The van der Waals surface area contributed by atoms with Crippen molar-refractivity contribution in [1.82, 2.24) is 9.97 Å². The lowest BCUT2D eigenvalue weighted by Gasteiger charge is -2.13. The van der Waals surface area contributed by atoms with E-state index in [1.165, 1.54) is 0 Å². The number of nitrogens with zero attached hydrogens (tertiary/aromatic N) is 1. The van der Waals surface area contributed by atoms with Crippen molar-refractivity contribution in [3.63, 3.8) is 0 Å². The molecule has 0 saturated heterocycles. The monoisotopic (exact) mass is 438 g/mol. The van der Waals surface area contributed by atoms with E-state index in [1.807, 2.05) is 31.2 Å². The summed E-state index contributed by atoms with van der Waals surface area (Å²) in [5, 5.41) is 13.2. The molecule has 0 aliphatic carbocycles. The SMILES string of the molecule is Cc1c(NC(=O)O)cccc1-c1cnc(C(N)=O)c2[nH]c3cc(Br)ccc3c12. The number of fused-ring (bicyclic) bond motifs is 3. The highest BCUT2D eigenvalue weighted by molar-refractivity contribution is 9.10. The van der Waals surface area contributed by atoms with Gasteiger partial charge in [0.15, 0.2) is 5.69 Å². The highest BCUT2D eigenvalue weighted by Crippen LogP contribution is 2.38. The number of hydrogen-bond acceptors (Lipinski definition) is 3. The Morgan fingerprint density at radius 1 is 1.21 bits per heavy atom. The summed E-state index contributed by atoms with van der Waals surface area (Å²) in [6.07, 6.45) is 0.467. The van der Waals surface area contributed by atoms with Crippen LogP contribution in [0.25, 0.3) is 32.9 Å². The van der Waals surface area contributed by atoms with Gasteiger partial charge in [0.05, 0.1) is 5.52 Å². The van der Waals surface area contributed by atoms with Crippen LogP contribution >= 0.6 is 15.9 Å². The van der Waals surface area contributed by atoms with E-state index < -0.39 is 12.0 Å². The number of anilines is 1. The molecule has 8 heteroatoms. The van der Waals surface area contributed by atoms with Gasteiger partial charge in [-0.2, -0.15) is 0 Å². The Hall–Kier alpha value is -3.39. The van der Waals surface area contributed by atoms with Gasteiger partial charge < -0.3 is 15.8 Å². The number of benzene rings is 2. The average molecular weight is 439 g/mol. The first-order valence-electron chi connectivity index (χ1n) is 8.36. The first-order chi connectivity index (χ1) is 13.4. The van der Waals surface area contributed by atoms with Crippen molar-refractivity contribution in [1.29, 1.82) is 0 Å². The third kappa shape index (κ3) is 2.87. The van der Waals surface area contributed by atoms with Gasteiger partial charge in [0.1, 0.15) is 0 Å². The van der Waals surface area contributed by atoms with Crippen molar-refractivity contribution in [2.45, 2.75) is 6.92 Å². The fourth-order valence-corrected chi connectivity index (χ4v) is 3.82. The zero-order valence-electron chi connectivity index (χ0n) is 14.7. The molecule has 0 saturated carbocycles. The lowest BCUT2D eigenvalue weighted by atomic mass is 9.96. The largest absolute Gasteiger partial charge is 0.465 e. The molecule has 2 aromatic heterocycles. The first kappa shape index (κ1) is 18.0. The van der Waals surface area contributed by atoms with E-state index in [0.29, 0.717) is 11.2 Å². The highest BCUT2D eigenvalue weighted by Gasteiger charge is 2.19. The summed E-state index contributed by atoms with van der Waals surface area (Å²) in [5.74, 6) is -0.625. The normalized spacial score (nSPS) is 11.1. The maximum atomic E-state index is 11.9. The molecule has 0 aliphatic heterocycles. The van der Waals surface area contributed by atoms with Crippen LogP contribution in [-0.2, 0) is 0 Å². The summed E-state index contributed by atoms with van der Waals surface area (Å²) in [4.78, 5) is 30.5. The molecule has 2 aromatic carbocycles. The van der Waals surface area contributed by atoms with Crippen LogP contribution in [0, 0.1) is 6.92 Å². The summed E-state index contributed by atoms with van der Waals surface area (Å²) in [5.41, 5.74) is 9.89. The van der Waals surface area contributed by atoms with E-state index in [0.717, 1.165) is 37.5 Å². The zero-order chi connectivity index (χ0) is 20.0. The number of aromatic nitrogens is 2. The van der Waals surface area contributed by atoms with Crippen molar-refractivity contribution < 1.29 is 14.7 Å². The van der Waals surface area contributed by atoms with Gasteiger partial charge in [0, 0.05) is 38.2 Å². The molecule has 4 rings (SSSR count). The minimum atomic E-state index is -1.13. The number of amides is 2. The Bertz CT molecular complexity index is 1280. The number of carboxylic acid groups (broad SMARTS) is 1. The van der Waals surface area contributed by atoms with E-state index >= 15 is 0 Å². The van der Waals surface area contributed by atoms with Crippen molar-refractivity contribution in [2.75, 3.05) is 5.32 Å². The second kappa shape index (κ2) is 6.65. The number of H-pyrrole nitrogens is 1. The molecule has 140 valence electrons. The predicted octanol–water partition coefficient (Wildman–Crippen LogP) is 4.64. The second-order valence-electron chi connectivity index (χ2n) is 6.36. The molecule has 2 amide bonds. The van der Waals surface area contributed by atoms with Crippen LogP contribution < -0.4 is 11.1 Å². The summed E-state index contributed by atoms with van der Waals surface area (Å²) in [6, 6.07) is 11.1. The molecular weight excluding hydrogens is 424 g/mol. The number of hydrogen-bond donors (Lipinski definition) is 4. The van der Waals surface area contributed by atoms with Gasteiger partial charge >= 0.3 is 6.09 Å². The van der Waals surface area contributed by atoms with Gasteiger partial charge in [0.25, 0.3) is 5.91 Å². The molecular formula is C20H15BrN4O3. The first-order valence-corrected chi connectivity index (χ1v) is 9.16. The van der Waals surface area contributed by atoms with Crippen LogP contribution in [0.2, 0.25) is 0 Å². The fourth-order valence-electron chi connectivity index (χ4n) is 3.45. The van der Waals surface area contributed by atoms with Gasteiger partial charge in [-0.3, -0.25) is 10.1 Å². The molecule has 4 aromatic rings. The number of aromatic amines is 1. The number of halogens is 1. The summed E-state index contributed by atoms with van der Waals surface area (Å²) >= 11 is 3.45. The molecule has 2 heterocycles. The zero-order valence-corrected chi connectivity index (χ0v) is 16.3. The highest BCUT2D eigenvalue weighted by atomic mass is 79.9. The maximum Gasteiger partial charge on any atom is 0.409 e. The van der Waals surface area contributed by atoms with E-state index in [-0.39, 0.29) is 5.69 Å². The number of nitrogens with one attached hydrogen (secondary N) is 2. The van der Waals surface area contributed by atoms with Crippen LogP contribution in [0.15, 0.2) is 47.1 Å². The minimum absolute atomic E-state index is 0.156. The van der Waals surface area contributed by atoms with Crippen LogP contribution in [0.4, 0.5) is 10.5 Å². The van der Waals surface area contributed by atoms with E-state index in [2.05, 4.69) is 31.2 Å². The van der Waals surface area contributed by atoms with Crippen LogP contribution in [0.3, 0.4) is 0 Å². The standard InChI is InChI=1S/C20H15BrN4O3/c1-9-11(3-2-4-14(9)25-20(27)28)13-8-23-18(19(22)26)17-16(13)12-6-5-10(21)7-15(12)24-17/h2-8,24-25H,1H3,(H2,22,26)(H,27,28). The van der Waals surface area contributed by atoms with Gasteiger partial charge in [0.2, 0.25) is 0 Å². The Morgan fingerprint density at radius 2 is 2.00 bits per heavy atom. The minimum Gasteiger partial charge on any atom is -0.465 e. The molecule has 0 aliphatic rings. The van der Waals surface area contributed by atoms with Crippen LogP contribution in [0.1, 0.15) is 16.1 Å². The average Bonchev–Trinajstić information content (AvgIpc) is 3.00. The number of primary amides is 1. The van der Waals surface area contributed by atoms with E-state index in [1.54, 1.807) is 18.3 Å². The summed E-state index contributed by atoms with van der Waals surface area (Å²) in [6.45, 7) is 1.83. The van der Waals surface area contributed by atoms with Crippen molar-refractivity contribution in [3.8, 4) is 11.1 Å². The summed E-state index contributed by atoms with van der Waals surface area (Å²) in [7, 11) is 0. The third-order valence-electron chi connectivity index (χ3n) is 4.69. The predicted molar refractivity (Wildman–Crippen MR) is 112 cm³/mol. The molecule has 0 bridgehead atoms. The van der Waals surface area contributed by atoms with Crippen LogP contribution in [-0.4, -0.2) is 27.1 Å². The maximum absolute atomic E-state index is 11.9. The van der Waals surface area contributed by atoms with Crippen molar-refractivity contribution >= 4 is 55.4 Å². The lowest BCUT2D eigenvalue weighted by Crippen LogP contribution is -2.14. The third-order valence-corrected chi connectivity index (χ3v) is 5.18. The number of rotatable bonds is 3. The quantitative estimate of drug-likeness (QED) is 0.372. The molecule has 0 fully saturated rings. The number of nitrogens with two attached hydrogens (primary N) is 1. The molecule has 0 unspecified atom stereocenters. The Labute approximate surface area is 167 Å².